The highest BCUT2D eigenvalue weighted by atomic mass is 16.3. The molecule has 0 fully saturated rings. The van der Waals surface area contributed by atoms with E-state index in [0.717, 1.165) is 17.2 Å². The molecule has 2 rings (SSSR count). The normalized spacial score (nSPS) is 10.3. The number of aromatic nitrogens is 2. The highest BCUT2D eigenvalue weighted by Gasteiger charge is 2.02. The van der Waals surface area contributed by atoms with Crippen molar-refractivity contribution in [2.24, 2.45) is 0 Å². The fourth-order valence-corrected chi connectivity index (χ4v) is 1.66. The minimum absolute atomic E-state index is 0.0536. The number of benzene rings is 1. The van der Waals surface area contributed by atoms with Gasteiger partial charge in [0.15, 0.2) is 0 Å². The van der Waals surface area contributed by atoms with Crippen LogP contribution in [0, 0.1) is 13.8 Å². The number of anilines is 3. The topological polar surface area (TPSA) is 70.1 Å². The summed E-state index contributed by atoms with van der Waals surface area (Å²) in [6.07, 6.45) is 0. The van der Waals surface area contributed by atoms with Crippen LogP contribution in [0.4, 0.5) is 17.5 Å². The maximum Gasteiger partial charge on any atom is 0.224 e. The molecule has 0 saturated carbocycles. The van der Waals surface area contributed by atoms with Crippen molar-refractivity contribution in [1.82, 2.24) is 9.97 Å². The summed E-state index contributed by atoms with van der Waals surface area (Å²) < 4.78 is 0. The van der Waals surface area contributed by atoms with E-state index in [2.05, 4.69) is 27.5 Å². The molecule has 0 amide bonds. The number of aryl methyl sites for hydroxylation is 2. The van der Waals surface area contributed by atoms with Crippen molar-refractivity contribution in [3.63, 3.8) is 0 Å². The van der Waals surface area contributed by atoms with E-state index in [1.54, 1.807) is 0 Å². The van der Waals surface area contributed by atoms with Gasteiger partial charge >= 0.3 is 0 Å². The van der Waals surface area contributed by atoms with Crippen molar-refractivity contribution < 1.29 is 5.11 Å². The van der Waals surface area contributed by atoms with E-state index >= 15 is 0 Å². The molecule has 0 bridgehead atoms. The molecule has 19 heavy (non-hydrogen) atoms. The minimum Gasteiger partial charge on any atom is -0.395 e. The lowest BCUT2D eigenvalue weighted by Gasteiger charge is -2.09. The molecular weight excluding hydrogens is 240 g/mol. The molecule has 3 N–H and O–H groups in total. The number of aliphatic hydroxyl groups is 1. The molecule has 1 aromatic carbocycles. The zero-order valence-electron chi connectivity index (χ0n) is 11.1. The largest absolute Gasteiger partial charge is 0.395 e. The van der Waals surface area contributed by atoms with Gasteiger partial charge in [0.05, 0.1) is 6.61 Å². The van der Waals surface area contributed by atoms with Crippen LogP contribution in [-0.2, 0) is 0 Å². The van der Waals surface area contributed by atoms with E-state index in [0.29, 0.717) is 12.5 Å². The first-order valence-electron chi connectivity index (χ1n) is 6.21. The number of nitrogens with zero attached hydrogens (tertiary/aromatic N) is 2. The molecule has 0 saturated heterocycles. The quantitative estimate of drug-likeness (QED) is 0.767. The van der Waals surface area contributed by atoms with Crippen LogP contribution in [0.15, 0.2) is 30.3 Å². The molecule has 0 atom stereocenters. The van der Waals surface area contributed by atoms with Gasteiger partial charge in [-0.15, -0.1) is 0 Å². The van der Waals surface area contributed by atoms with Gasteiger partial charge in [0.1, 0.15) is 5.82 Å². The van der Waals surface area contributed by atoms with Crippen LogP contribution in [0.1, 0.15) is 11.3 Å². The second-order valence-electron chi connectivity index (χ2n) is 4.36. The maximum atomic E-state index is 8.79. The summed E-state index contributed by atoms with van der Waals surface area (Å²) in [5, 5.41) is 15.0. The zero-order chi connectivity index (χ0) is 13.7. The summed E-state index contributed by atoms with van der Waals surface area (Å²) in [4.78, 5) is 8.60. The van der Waals surface area contributed by atoms with Crippen LogP contribution >= 0.6 is 0 Å². The Hall–Kier alpha value is -2.14. The molecule has 0 unspecified atom stereocenters. The second-order valence-corrected chi connectivity index (χ2v) is 4.36. The van der Waals surface area contributed by atoms with Crippen LogP contribution < -0.4 is 10.6 Å². The third-order valence-corrected chi connectivity index (χ3v) is 2.57. The van der Waals surface area contributed by atoms with E-state index in [1.165, 1.54) is 5.56 Å². The summed E-state index contributed by atoms with van der Waals surface area (Å²) in [6, 6.07) is 9.98. The second kappa shape index (κ2) is 6.15. The molecule has 5 heteroatoms. The summed E-state index contributed by atoms with van der Waals surface area (Å²) in [5.74, 6) is 1.25. The standard InChI is InChI=1S/C14H18N4O/c1-10-3-5-12(6-4-10)17-13-9-11(2)16-14(18-13)15-7-8-19/h3-6,9,19H,7-8H2,1-2H3,(H2,15,16,17,18). The van der Waals surface area contributed by atoms with Crippen LogP contribution in [0.2, 0.25) is 0 Å². The van der Waals surface area contributed by atoms with Crippen LogP contribution in [0.3, 0.4) is 0 Å². The molecule has 0 aliphatic heterocycles. The molecule has 5 nitrogen and oxygen atoms in total. The highest BCUT2D eigenvalue weighted by molar-refractivity contribution is 5.57. The molecule has 0 aliphatic carbocycles. The van der Waals surface area contributed by atoms with E-state index < -0.39 is 0 Å². The molecule has 2 aromatic rings. The predicted molar refractivity (Wildman–Crippen MR) is 76.8 cm³/mol. The van der Waals surface area contributed by atoms with Crippen LogP contribution in [0.5, 0.6) is 0 Å². The monoisotopic (exact) mass is 258 g/mol. The van der Waals surface area contributed by atoms with Crippen LogP contribution in [0.25, 0.3) is 0 Å². The number of hydrogen-bond acceptors (Lipinski definition) is 5. The highest BCUT2D eigenvalue weighted by Crippen LogP contribution is 2.17. The molecule has 0 spiro atoms. The molecule has 100 valence electrons. The SMILES string of the molecule is Cc1ccc(Nc2cc(C)nc(NCCO)n2)cc1. The summed E-state index contributed by atoms with van der Waals surface area (Å²) in [6.45, 7) is 4.45. The van der Waals surface area contributed by atoms with Gasteiger partial charge in [-0.25, -0.2) is 4.98 Å². The first kappa shape index (κ1) is 13.3. The lowest BCUT2D eigenvalue weighted by atomic mass is 10.2. The summed E-state index contributed by atoms with van der Waals surface area (Å²) in [7, 11) is 0. The summed E-state index contributed by atoms with van der Waals surface area (Å²) >= 11 is 0. The van der Waals surface area contributed by atoms with E-state index in [1.807, 2.05) is 37.3 Å². The summed E-state index contributed by atoms with van der Waals surface area (Å²) in [5.41, 5.74) is 3.07. The Morgan fingerprint density at radius 2 is 1.84 bits per heavy atom. The fraction of sp³-hybridized carbons (Fsp3) is 0.286. The van der Waals surface area contributed by atoms with Crippen molar-refractivity contribution in [3.8, 4) is 0 Å². The van der Waals surface area contributed by atoms with Gasteiger partial charge in [0, 0.05) is 24.0 Å². The predicted octanol–water partition coefficient (Wildman–Crippen LogP) is 2.24. The van der Waals surface area contributed by atoms with Gasteiger partial charge in [-0.1, -0.05) is 17.7 Å². The van der Waals surface area contributed by atoms with Crippen molar-refractivity contribution in [1.29, 1.82) is 0 Å². The number of nitrogens with one attached hydrogen (secondary N) is 2. The van der Waals surface area contributed by atoms with Crippen molar-refractivity contribution in [3.05, 3.63) is 41.6 Å². The van der Waals surface area contributed by atoms with Crippen molar-refractivity contribution >= 4 is 17.5 Å². The van der Waals surface area contributed by atoms with Gasteiger partial charge in [-0.2, -0.15) is 4.98 Å². The first-order chi connectivity index (χ1) is 9.17. The molecule has 1 aromatic heterocycles. The van der Waals surface area contributed by atoms with Crippen molar-refractivity contribution in [2.75, 3.05) is 23.8 Å². The molecular formula is C14H18N4O. The third-order valence-electron chi connectivity index (χ3n) is 2.57. The fourth-order valence-electron chi connectivity index (χ4n) is 1.66. The molecule has 0 radical (unpaired) electrons. The van der Waals surface area contributed by atoms with Gasteiger partial charge in [-0.05, 0) is 26.0 Å². The van der Waals surface area contributed by atoms with Crippen LogP contribution in [-0.4, -0.2) is 28.2 Å². The Morgan fingerprint density at radius 1 is 1.11 bits per heavy atom. The van der Waals surface area contributed by atoms with E-state index in [4.69, 9.17) is 5.11 Å². The Balaban J connectivity index is 2.15. The smallest absolute Gasteiger partial charge is 0.224 e. The number of hydrogen-bond donors (Lipinski definition) is 3. The average Bonchev–Trinajstić information content (AvgIpc) is 2.38. The Morgan fingerprint density at radius 3 is 2.53 bits per heavy atom. The minimum atomic E-state index is 0.0536. The van der Waals surface area contributed by atoms with Gasteiger partial charge in [-0.3, -0.25) is 0 Å². The lowest BCUT2D eigenvalue weighted by Crippen LogP contribution is -2.10. The zero-order valence-corrected chi connectivity index (χ0v) is 11.1. The first-order valence-corrected chi connectivity index (χ1v) is 6.21. The lowest BCUT2D eigenvalue weighted by molar-refractivity contribution is 0.311. The Labute approximate surface area is 112 Å². The van der Waals surface area contributed by atoms with E-state index in [9.17, 15) is 0 Å². The Kier molecular flexibility index (Phi) is 4.30. The van der Waals surface area contributed by atoms with Gasteiger partial charge in [0.25, 0.3) is 0 Å². The van der Waals surface area contributed by atoms with Gasteiger partial charge in [0.2, 0.25) is 5.95 Å². The van der Waals surface area contributed by atoms with E-state index in [-0.39, 0.29) is 6.61 Å². The third kappa shape index (κ3) is 3.93. The van der Waals surface area contributed by atoms with Crippen molar-refractivity contribution in [2.45, 2.75) is 13.8 Å². The Bertz CT molecular complexity index is 540. The molecule has 0 aliphatic rings. The number of aliphatic hydroxyl groups excluding tert-OH is 1. The maximum absolute atomic E-state index is 8.79. The molecule has 1 heterocycles. The average molecular weight is 258 g/mol. The number of rotatable bonds is 5. The van der Waals surface area contributed by atoms with Gasteiger partial charge < -0.3 is 15.7 Å².